The molecule has 23 heavy (non-hydrogen) atoms. The summed E-state index contributed by atoms with van der Waals surface area (Å²) in [6, 6.07) is 1.57. The van der Waals surface area contributed by atoms with Gasteiger partial charge in [-0.15, -0.1) is 0 Å². The number of allylic oxidation sites excluding steroid dienone is 2. The highest BCUT2D eigenvalue weighted by atomic mass is 19.4. The van der Waals surface area contributed by atoms with Crippen molar-refractivity contribution >= 4 is 11.4 Å². The van der Waals surface area contributed by atoms with E-state index in [1.165, 1.54) is 12.4 Å². The molecule has 0 saturated carbocycles. The number of nitrogen functional groups attached to an aromatic ring is 1. The predicted molar refractivity (Wildman–Crippen MR) is 79.6 cm³/mol. The Kier molecular flexibility index (Phi) is 3.42. The second kappa shape index (κ2) is 5.07. The third-order valence-corrected chi connectivity index (χ3v) is 3.86. The summed E-state index contributed by atoms with van der Waals surface area (Å²) in [6.07, 6.45) is 1.39. The molecule has 2 aromatic rings. The Morgan fingerprint density at radius 2 is 1.87 bits per heavy atom. The molecule has 5 nitrogen and oxygen atoms in total. The monoisotopic (exact) mass is 323 g/mol. The van der Waals surface area contributed by atoms with E-state index in [-0.39, 0.29) is 22.7 Å². The average Bonchev–Trinajstić information content (AvgIpc) is 2.99. The van der Waals surface area contributed by atoms with Gasteiger partial charge in [0.25, 0.3) is 5.95 Å². The van der Waals surface area contributed by atoms with Crippen molar-refractivity contribution in [2.24, 2.45) is 5.41 Å². The highest BCUT2D eigenvalue weighted by Gasteiger charge is 2.41. The van der Waals surface area contributed by atoms with Gasteiger partial charge >= 0.3 is 6.18 Å². The van der Waals surface area contributed by atoms with Gasteiger partial charge in [0.2, 0.25) is 0 Å². The van der Waals surface area contributed by atoms with Gasteiger partial charge in [-0.25, -0.2) is 9.97 Å². The highest BCUT2D eigenvalue weighted by Crippen LogP contribution is 2.45. The van der Waals surface area contributed by atoms with Gasteiger partial charge in [-0.3, -0.25) is 0 Å². The lowest BCUT2D eigenvalue weighted by atomic mass is 9.94. The minimum atomic E-state index is -4.60. The number of alkyl halides is 3. The molecule has 0 spiro atoms. The SMILES string of the molecule is CC1(C)C=C(c2c(C(F)(F)F)nn(-c3ncccn3)c2N)CC1. The molecule has 1 aliphatic carbocycles. The number of halogens is 3. The first-order chi connectivity index (χ1) is 10.7. The van der Waals surface area contributed by atoms with E-state index in [0.29, 0.717) is 12.0 Å². The van der Waals surface area contributed by atoms with Gasteiger partial charge < -0.3 is 5.73 Å². The van der Waals surface area contributed by atoms with Gasteiger partial charge in [0.05, 0.1) is 5.56 Å². The van der Waals surface area contributed by atoms with Crippen molar-refractivity contribution in [2.75, 3.05) is 5.73 Å². The molecule has 0 bridgehead atoms. The zero-order valence-electron chi connectivity index (χ0n) is 12.7. The first-order valence-corrected chi connectivity index (χ1v) is 7.14. The molecule has 2 aromatic heterocycles. The number of hydrogen-bond donors (Lipinski definition) is 1. The summed E-state index contributed by atoms with van der Waals surface area (Å²) >= 11 is 0. The van der Waals surface area contributed by atoms with Crippen LogP contribution in [-0.4, -0.2) is 19.7 Å². The fourth-order valence-electron chi connectivity index (χ4n) is 2.77. The van der Waals surface area contributed by atoms with Crippen LogP contribution in [0.25, 0.3) is 11.5 Å². The fourth-order valence-corrected chi connectivity index (χ4v) is 2.77. The van der Waals surface area contributed by atoms with Crippen molar-refractivity contribution in [3.05, 3.63) is 35.8 Å². The minimum Gasteiger partial charge on any atom is -0.383 e. The molecule has 2 N–H and O–H groups in total. The minimum absolute atomic E-state index is 0.0135. The Labute approximate surface area is 131 Å². The first-order valence-electron chi connectivity index (χ1n) is 7.14. The van der Waals surface area contributed by atoms with Gasteiger partial charge in [-0.1, -0.05) is 19.9 Å². The summed E-state index contributed by atoms with van der Waals surface area (Å²) in [6.45, 7) is 3.96. The third-order valence-electron chi connectivity index (χ3n) is 3.86. The van der Waals surface area contributed by atoms with Gasteiger partial charge in [0.15, 0.2) is 5.69 Å². The second-order valence-electron chi connectivity index (χ2n) is 6.23. The van der Waals surface area contributed by atoms with Gasteiger partial charge in [-0.2, -0.15) is 23.0 Å². The maximum absolute atomic E-state index is 13.4. The number of nitrogens with zero attached hydrogens (tertiary/aromatic N) is 4. The van der Waals surface area contributed by atoms with Crippen LogP contribution in [0.2, 0.25) is 0 Å². The van der Waals surface area contributed by atoms with Crippen LogP contribution in [0.15, 0.2) is 24.5 Å². The standard InChI is InChI=1S/C15H16F3N5/c1-14(2)5-4-9(8-14)10-11(15(16,17)18)22-23(12(10)19)13-20-6-3-7-21-13/h3,6-8H,4-5,19H2,1-2H3. The summed E-state index contributed by atoms with van der Waals surface area (Å²) in [5.74, 6) is -0.0768. The van der Waals surface area contributed by atoms with Crippen LogP contribution in [0.3, 0.4) is 0 Å². The number of nitrogens with two attached hydrogens (primary N) is 1. The molecule has 0 radical (unpaired) electrons. The van der Waals surface area contributed by atoms with Crippen LogP contribution in [0, 0.1) is 5.41 Å². The zero-order chi connectivity index (χ0) is 16.8. The summed E-state index contributed by atoms with van der Waals surface area (Å²) < 4.78 is 41.2. The van der Waals surface area contributed by atoms with Crippen LogP contribution >= 0.6 is 0 Å². The molecule has 0 saturated heterocycles. The van der Waals surface area contributed by atoms with Crippen LogP contribution in [0.5, 0.6) is 0 Å². The highest BCUT2D eigenvalue weighted by molar-refractivity contribution is 5.78. The van der Waals surface area contributed by atoms with Crippen LogP contribution in [-0.2, 0) is 6.18 Å². The maximum atomic E-state index is 13.4. The van der Waals surface area contributed by atoms with Gasteiger partial charge in [-0.05, 0) is 29.9 Å². The Balaban J connectivity index is 2.21. The quantitative estimate of drug-likeness (QED) is 0.919. The van der Waals surface area contributed by atoms with Crippen LogP contribution < -0.4 is 5.73 Å². The molecule has 0 atom stereocenters. The van der Waals surface area contributed by atoms with E-state index in [9.17, 15) is 13.2 Å². The Morgan fingerprint density at radius 1 is 1.22 bits per heavy atom. The molecule has 3 rings (SSSR count). The van der Waals surface area contributed by atoms with Crippen molar-refractivity contribution in [2.45, 2.75) is 32.9 Å². The molecule has 1 aliphatic rings. The van der Waals surface area contributed by atoms with Crippen molar-refractivity contribution in [3.63, 3.8) is 0 Å². The number of aromatic nitrogens is 4. The molecule has 2 heterocycles. The lowest BCUT2D eigenvalue weighted by molar-refractivity contribution is -0.141. The summed E-state index contributed by atoms with van der Waals surface area (Å²) in [5, 5.41) is 3.64. The molecule has 8 heteroatoms. The maximum Gasteiger partial charge on any atom is 0.435 e. The van der Waals surface area contributed by atoms with E-state index in [1.54, 1.807) is 6.07 Å². The lowest BCUT2D eigenvalue weighted by Crippen LogP contribution is -2.10. The average molecular weight is 323 g/mol. The van der Waals surface area contributed by atoms with Crippen LogP contribution in [0.1, 0.15) is 37.9 Å². The lowest BCUT2D eigenvalue weighted by Gasteiger charge is -2.11. The van der Waals surface area contributed by atoms with E-state index >= 15 is 0 Å². The van der Waals surface area contributed by atoms with Gasteiger partial charge in [0.1, 0.15) is 5.82 Å². The van der Waals surface area contributed by atoms with Crippen molar-refractivity contribution < 1.29 is 13.2 Å². The van der Waals surface area contributed by atoms with E-state index in [2.05, 4.69) is 15.1 Å². The Hall–Kier alpha value is -2.38. The smallest absolute Gasteiger partial charge is 0.383 e. The summed E-state index contributed by atoms with van der Waals surface area (Å²) in [7, 11) is 0. The molecule has 0 fully saturated rings. The third kappa shape index (κ3) is 2.80. The number of rotatable bonds is 2. The molecular weight excluding hydrogens is 307 g/mol. The number of hydrogen-bond acceptors (Lipinski definition) is 4. The zero-order valence-corrected chi connectivity index (χ0v) is 12.7. The fraction of sp³-hybridized carbons (Fsp3) is 0.400. The van der Waals surface area contributed by atoms with Crippen molar-refractivity contribution in [3.8, 4) is 5.95 Å². The van der Waals surface area contributed by atoms with Crippen molar-refractivity contribution in [1.82, 2.24) is 19.7 Å². The van der Waals surface area contributed by atoms with Gasteiger partial charge in [0, 0.05) is 12.4 Å². The molecule has 0 amide bonds. The molecule has 122 valence electrons. The molecule has 0 aliphatic heterocycles. The molecule has 0 aromatic carbocycles. The molecular formula is C15H16F3N5. The topological polar surface area (TPSA) is 69.6 Å². The molecule has 0 unspecified atom stereocenters. The van der Waals surface area contributed by atoms with E-state index in [0.717, 1.165) is 11.1 Å². The van der Waals surface area contributed by atoms with E-state index < -0.39 is 11.9 Å². The predicted octanol–water partition coefficient (Wildman–Crippen LogP) is 3.47. The second-order valence-corrected chi connectivity index (χ2v) is 6.23. The largest absolute Gasteiger partial charge is 0.435 e. The van der Waals surface area contributed by atoms with E-state index in [1.807, 2.05) is 19.9 Å². The number of anilines is 1. The summed E-state index contributed by atoms with van der Waals surface area (Å²) in [4.78, 5) is 7.85. The first kappa shape index (κ1) is 15.5. The van der Waals surface area contributed by atoms with E-state index in [4.69, 9.17) is 5.73 Å². The summed E-state index contributed by atoms with van der Waals surface area (Å²) in [5.41, 5.74) is 5.34. The van der Waals surface area contributed by atoms with Crippen molar-refractivity contribution in [1.29, 1.82) is 0 Å². The Morgan fingerprint density at radius 3 is 2.39 bits per heavy atom. The van der Waals surface area contributed by atoms with Crippen LogP contribution in [0.4, 0.5) is 19.0 Å². The Bertz CT molecular complexity index is 759. The normalized spacial score (nSPS) is 17.3.